The first-order valence-corrected chi connectivity index (χ1v) is 9.67. The number of hydrogen-bond donors (Lipinski definition) is 0. The molecule has 4 aromatic rings. The number of aromatic nitrogens is 2. The molecule has 2 aromatic carbocycles. The standard InChI is InChI=1S/C23H22N4O2/c1-3-26(4-2)21-15-14-18(29-21)16-24-27-22(17-10-6-5-7-11-17)25-20-13-9-8-12-19(20)23(27)28/h5-16H,3-4H2,1-2H3. The van der Waals surface area contributed by atoms with E-state index < -0.39 is 0 Å². The fourth-order valence-corrected chi connectivity index (χ4v) is 3.24. The van der Waals surface area contributed by atoms with Gasteiger partial charge in [-0.1, -0.05) is 42.5 Å². The summed E-state index contributed by atoms with van der Waals surface area (Å²) in [5.41, 5.74) is 1.24. The predicted octanol–water partition coefficient (Wildman–Crippen LogP) is 4.38. The molecule has 0 spiro atoms. The molecule has 0 unspecified atom stereocenters. The van der Waals surface area contributed by atoms with Gasteiger partial charge >= 0.3 is 0 Å². The number of anilines is 1. The molecule has 29 heavy (non-hydrogen) atoms. The van der Waals surface area contributed by atoms with Crippen molar-refractivity contribution in [1.29, 1.82) is 0 Å². The lowest BCUT2D eigenvalue weighted by molar-refractivity contribution is 0.543. The Morgan fingerprint density at radius 2 is 1.72 bits per heavy atom. The number of fused-ring (bicyclic) bond motifs is 1. The van der Waals surface area contributed by atoms with E-state index in [-0.39, 0.29) is 5.56 Å². The van der Waals surface area contributed by atoms with Crippen molar-refractivity contribution < 1.29 is 4.42 Å². The molecule has 0 bridgehead atoms. The summed E-state index contributed by atoms with van der Waals surface area (Å²) in [6.45, 7) is 5.86. The molecule has 0 saturated carbocycles. The highest BCUT2D eigenvalue weighted by Gasteiger charge is 2.12. The summed E-state index contributed by atoms with van der Waals surface area (Å²) in [5, 5.41) is 4.95. The third-order valence-electron chi connectivity index (χ3n) is 4.77. The monoisotopic (exact) mass is 386 g/mol. The van der Waals surface area contributed by atoms with Crippen LogP contribution in [0.15, 0.2) is 81.0 Å². The molecule has 0 fully saturated rings. The molecule has 0 N–H and O–H groups in total. The van der Waals surface area contributed by atoms with E-state index in [0.717, 1.165) is 24.5 Å². The van der Waals surface area contributed by atoms with E-state index >= 15 is 0 Å². The molecule has 0 aliphatic carbocycles. The smallest absolute Gasteiger partial charge is 0.282 e. The van der Waals surface area contributed by atoms with E-state index in [9.17, 15) is 4.79 Å². The number of benzene rings is 2. The second-order valence-electron chi connectivity index (χ2n) is 6.53. The third kappa shape index (κ3) is 3.69. The Morgan fingerprint density at radius 3 is 2.48 bits per heavy atom. The Kier molecular flexibility index (Phi) is 5.24. The fourth-order valence-electron chi connectivity index (χ4n) is 3.24. The highest BCUT2D eigenvalue weighted by atomic mass is 16.4. The maximum atomic E-state index is 13.1. The van der Waals surface area contributed by atoms with Crippen LogP contribution in [0.4, 0.5) is 5.88 Å². The minimum atomic E-state index is -0.221. The largest absolute Gasteiger partial charge is 0.440 e. The summed E-state index contributed by atoms with van der Waals surface area (Å²) >= 11 is 0. The summed E-state index contributed by atoms with van der Waals surface area (Å²) in [6.07, 6.45) is 1.55. The molecule has 2 heterocycles. The van der Waals surface area contributed by atoms with Crippen LogP contribution in [-0.2, 0) is 0 Å². The molecule has 0 amide bonds. The van der Waals surface area contributed by atoms with Crippen LogP contribution in [-0.4, -0.2) is 29.0 Å². The molecule has 146 valence electrons. The summed E-state index contributed by atoms with van der Waals surface area (Å²) in [6, 6.07) is 20.6. The van der Waals surface area contributed by atoms with Gasteiger partial charge in [-0.25, -0.2) is 4.98 Å². The number of furan rings is 1. The van der Waals surface area contributed by atoms with Gasteiger partial charge < -0.3 is 9.32 Å². The van der Waals surface area contributed by atoms with Gasteiger partial charge in [-0.2, -0.15) is 9.78 Å². The van der Waals surface area contributed by atoms with Gasteiger partial charge in [0.1, 0.15) is 5.76 Å². The van der Waals surface area contributed by atoms with Gasteiger partial charge in [0.25, 0.3) is 5.56 Å². The molecule has 0 atom stereocenters. The van der Waals surface area contributed by atoms with Gasteiger partial charge in [0.2, 0.25) is 0 Å². The molecular formula is C23H22N4O2. The van der Waals surface area contributed by atoms with Crippen molar-refractivity contribution in [1.82, 2.24) is 9.66 Å². The number of rotatable bonds is 6. The number of nitrogens with zero attached hydrogens (tertiary/aromatic N) is 4. The molecule has 6 nitrogen and oxygen atoms in total. The highest BCUT2D eigenvalue weighted by Crippen LogP contribution is 2.20. The SMILES string of the molecule is CCN(CC)c1ccc(C=Nn2c(-c3ccccc3)nc3ccccc3c2=O)o1. The van der Waals surface area contributed by atoms with Crippen LogP contribution in [0.25, 0.3) is 22.3 Å². The molecule has 0 saturated heterocycles. The average molecular weight is 386 g/mol. The lowest BCUT2D eigenvalue weighted by Gasteiger charge is -2.16. The van der Waals surface area contributed by atoms with Gasteiger partial charge in [0.05, 0.1) is 17.1 Å². The predicted molar refractivity (Wildman–Crippen MR) is 117 cm³/mol. The Morgan fingerprint density at radius 1 is 1.00 bits per heavy atom. The Bertz CT molecular complexity index is 1200. The van der Waals surface area contributed by atoms with Crippen LogP contribution in [0.1, 0.15) is 19.6 Å². The van der Waals surface area contributed by atoms with Crippen LogP contribution in [0.3, 0.4) is 0 Å². The average Bonchev–Trinajstić information content (AvgIpc) is 3.23. The van der Waals surface area contributed by atoms with Crippen molar-refractivity contribution in [3.8, 4) is 11.4 Å². The van der Waals surface area contributed by atoms with E-state index in [1.54, 1.807) is 12.3 Å². The number of para-hydroxylation sites is 1. The van der Waals surface area contributed by atoms with Crippen LogP contribution in [0.5, 0.6) is 0 Å². The van der Waals surface area contributed by atoms with E-state index in [4.69, 9.17) is 4.42 Å². The molecular weight excluding hydrogens is 364 g/mol. The normalized spacial score (nSPS) is 11.4. The summed E-state index contributed by atoms with van der Waals surface area (Å²) in [4.78, 5) is 19.9. The molecule has 0 radical (unpaired) electrons. The molecule has 4 rings (SSSR count). The Balaban J connectivity index is 1.81. The zero-order valence-electron chi connectivity index (χ0n) is 16.4. The second-order valence-corrected chi connectivity index (χ2v) is 6.53. The van der Waals surface area contributed by atoms with Crippen molar-refractivity contribution in [3.05, 3.63) is 82.8 Å². The van der Waals surface area contributed by atoms with Gasteiger partial charge in [-0.3, -0.25) is 4.79 Å². The second kappa shape index (κ2) is 8.14. The van der Waals surface area contributed by atoms with Gasteiger partial charge in [0, 0.05) is 24.7 Å². The zero-order chi connectivity index (χ0) is 20.2. The van der Waals surface area contributed by atoms with E-state index in [1.165, 1.54) is 4.68 Å². The van der Waals surface area contributed by atoms with Gasteiger partial charge in [-0.05, 0) is 32.0 Å². The fraction of sp³-hybridized carbons (Fsp3) is 0.174. The first-order chi connectivity index (χ1) is 14.2. The minimum Gasteiger partial charge on any atom is -0.440 e. The van der Waals surface area contributed by atoms with Crippen LogP contribution in [0, 0.1) is 0 Å². The van der Waals surface area contributed by atoms with Crippen molar-refractivity contribution in [2.45, 2.75) is 13.8 Å². The first-order valence-electron chi connectivity index (χ1n) is 9.67. The molecule has 0 aliphatic rings. The zero-order valence-corrected chi connectivity index (χ0v) is 16.4. The van der Waals surface area contributed by atoms with Crippen molar-refractivity contribution in [2.24, 2.45) is 5.10 Å². The quantitative estimate of drug-likeness (QED) is 0.461. The van der Waals surface area contributed by atoms with E-state index in [1.807, 2.05) is 60.7 Å². The van der Waals surface area contributed by atoms with Crippen LogP contribution >= 0.6 is 0 Å². The first kappa shape index (κ1) is 18.7. The highest BCUT2D eigenvalue weighted by molar-refractivity contribution is 5.81. The topological polar surface area (TPSA) is 63.6 Å². The van der Waals surface area contributed by atoms with E-state index in [0.29, 0.717) is 22.5 Å². The van der Waals surface area contributed by atoms with Crippen molar-refractivity contribution >= 4 is 23.0 Å². The van der Waals surface area contributed by atoms with Crippen molar-refractivity contribution in [3.63, 3.8) is 0 Å². The van der Waals surface area contributed by atoms with Gasteiger partial charge in [-0.15, -0.1) is 0 Å². The maximum Gasteiger partial charge on any atom is 0.282 e. The lowest BCUT2D eigenvalue weighted by atomic mass is 10.2. The van der Waals surface area contributed by atoms with E-state index in [2.05, 4.69) is 28.8 Å². The summed E-state index contributed by atoms with van der Waals surface area (Å²) in [5.74, 6) is 1.84. The minimum absolute atomic E-state index is 0.221. The number of hydrogen-bond acceptors (Lipinski definition) is 5. The summed E-state index contributed by atoms with van der Waals surface area (Å²) < 4.78 is 7.19. The lowest BCUT2D eigenvalue weighted by Crippen LogP contribution is -2.21. The Hall–Kier alpha value is -3.67. The van der Waals surface area contributed by atoms with Crippen LogP contribution < -0.4 is 10.5 Å². The Labute approximate surface area is 168 Å². The molecule has 6 heteroatoms. The molecule has 2 aromatic heterocycles. The summed E-state index contributed by atoms with van der Waals surface area (Å²) in [7, 11) is 0. The van der Waals surface area contributed by atoms with Crippen molar-refractivity contribution in [2.75, 3.05) is 18.0 Å². The maximum absolute atomic E-state index is 13.1. The molecule has 0 aliphatic heterocycles. The van der Waals surface area contributed by atoms with Crippen LogP contribution in [0.2, 0.25) is 0 Å². The third-order valence-corrected chi connectivity index (χ3v) is 4.77. The van der Waals surface area contributed by atoms with Gasteiger partial charge in [0.15, 0.2) is 11.7 Å².